The molecule has 0 unspecified atom stereocenters. The van der Waals surface area contributed by atoms with Gasteiger partial charge < -0.3 is 20.7 Å². The molecule has 3 amide bonds. The smallest absolute Gasteiger partial charge is 0.370 e. The Kier molecular flexibility index (Phi) is 6.85. The van der Waals surface area contributed by atoms with Gasteiger partial charge in [-0.2, -0.15) is 13.2 Å². The maximum absolute atomic E-state index is 13.7. The van der Waals surface area contributed by atoms with Gasteiger partial charge in [-0.05, 0) is 43.5 Å². The van der Waals surface area contributed by atoms with E-state index in [-0.39, 0.29) is 31.1 Å². The number of carbonyl (C=O) groups is 3. The van der Waals surface area contributed by atoms with Crippen LogP contribution in [0, 0.1) is 5.92 Å². The number of morpholine rings is 1. The molecule has 1 aliphatic heterocycles. The summed E-state index contributed by atoms with van der Waals surface area (Å²) in [5.41, 5.74) is 3.90. The van der Waals surface area contributed by atoms with Crippen molar-refractivity contribution in [2.45, 2.75) is 32.0 Å². The van der Waals surface area contributed by atoms with Gasteiger partial charge in [-0.1, -0.05) is 6.92 Å². The fraction of sp³-hybridized carbons (Fsp3) is 0.550. The number of nitrogens with zero attached hydrogens (tertiary/aromatic N) is 2. The van der Waals surface area contributed by atoms with Crippen LogP contribution in [0.3, 0.4) is 0 Å². The van der Waals surface area contributed by atoms with E-state index in [1.54, 1.807) is 11.8 Å². The molecule has 0 spiro atoms. The van der Waals surface area contributed by atoms with Crippen molar-refractivity contribution >= 4 is 29.1 Å². The number of carbonyl (C=O) groups excluding carboxylic acids is 3. The number of amides is 3. The Bertz CT molecular complexity index is 857. The highest BCUT2D eigenvalue weighted by molar-refractivity contribution is 6.09. The number of alkyl halides is 3. The lowest BCUT2D eigenvalue weighted by Crippen LogP contribution is -2.52. The lowest BCUT2D eigenvalue weighted by atomic mass is 10.1. The quantitative estimate of drug-likeness (QED) is 0.595. The van der Waals surface area contributed by atoms with Crippen LogP contribution in [-0.2, 0) is 25.3 Å². The van der Waals surface area contributed by atoms with E-state index in [1.807, 2.05) is 0 Å². The van der Waals surface area contributed by atoms with E-state index >= 15 is 0 Å². The van der Waals surface area contributed by atoms with Gasteiger partial charge in [0, 0.05) is 18.8 Å². The van der Waals surface area contributed by atoms with Crippen LogP contribution in [0.4, 0.5) is 24.5 Å². The van der Waals surface area contributed by atoms with Crippen molar-refractivity contribution in [1.29, 1.82) is 0 Å². The largest absolute Gasteiger partial charge is 0.418 e. The zero-order chi connectivity index (χ0) is 22.8. The predicted octanol–water partition coefficient (Wildman–Crippen LogP) is 1.59. The van der Waals surface area contributed by atoms with Crippen molar-refractivity contribution in [3.8, 4) is 0 Å². The van der Waals surface area contributed by atoms with E-state index in [9.17, 15) is 27.6 Å². The number of hydrogen-bond acceptors (Lipinski definition) is 5. The van der Waals surface area contributed by atoms with Gasteiger partial charge >= 0.3 is 6.18 Å². The molecule has 1 saturated carbocycles. The summed E-state index contributed by atoms with van der Waals surface area (Å²) in [5, 5.41) is 2.38. The summed E-state index contributed by atoms with van der Waals surface area (Å²) in [6.07, 6.45) is -2.76. The topological polar surface area (TPSA) is 105 Å². The molecule has 1 heterocycles. The molecular formula is C20H25F3N4O4. The number of halogens is 3. The highest BCUT2D eigenvalue weighted by Crippen LogP contribution is 2.39. The van der Waals surface area contributed by atoms with Gasteiger partial charge in [0.15, 0.2) is 6.04 Å². The molecule has 3 rings (SSSR count). The van der Waals surface area contributed by atoms with E-state index in [0.29, 0.717) is 19.0 Å². The van der Waals surface area contributed by atoms with Gasteiger partial charge in [0.2, 0.25) is 5.91 Å². The Balaban J connectivity index is 1.85. The molecule has 1 aliphatic carbocycles. The fourth-order valence-electron chi connectivity index (χ4n) is 3.58. The summed E-state index contributed by atoms with van der Waals surface area (Å²) < 4.78 is 46.1. The van der Waals surface area contributed by atoms with Crippen LogP contribution in [0.1, 0.15) is 25.3 Å². The van der Waals surface area contributed by atoms with Gasteiger partial charge in [-0.15, -0.1) is 0 Å². The molecule has 2 fully saturated rings. The zero-order valence-electron chi connectivity index (χ0n) is 17.1. The zero-order valence-corrected chi connectivity index (χ0v) is 17.1. The van der Waals surface area contributed by atoms with Crippen LogP contribution in [0.5, 0.6) is 0 Å². The second-order valence-electron chi connectivity index (χ2n) is 7.65. The molecule has 1 saturated heterocycles. The molecule has 0 radical (unpaired) electrons. The third kappa shape index (κ3) is 5.53. The van der Waals surface area contributed by atoms with E-state index in [1.165, 1.54) is 6.07 Å². The van der Waals surface area contributed by atoms with Gasteiger partial charge in [-0.3, -0.25) is 19.3 Å². The summed E-state index contributed by atoms with van der Waals surface area (Å²) in [5.74, 6) is -1.86. The van der Waals surface area contributed by atoms with Crippen LogP contribution < -0.4 is 16.0 Å². The van der Waals surface area contributed by atoms with Crippen molar-refractivity contribution in [2.24, 2.45) is 11.7 Å². The number of nitrogens with two attached hydrogens (primary N) is 1. The number of ether oxygens (including phenoxy) is 1. The highest BCUT2D eigenvalue weighted by Gasteiger charge is 2.38. The van der Waals surface area contributed by atoms with E-state index in [0.717, 1.165) is 29.9 Å². The van der Waals surface area contributed by atoms with E-state index in [2.05, 4.69) is 5.32 Å². The second kappa shape index (κ2) is 9.23. The molecular weight excluding hydrogens is 417 g/mol. The predicted molar refractivity (Wildman–Crippen MR) is 106 cm³/mol. The number of rotatable bonds is 8. The molecule has 0 aromatic heterocycles. The molecule has 170 valence electrons. The Morgan fingerprint density at radius 1 is 1.35 bits per heavy atom. The van der Waals surface area contributed by atoms with Crippen LogP contribution in [0.25, 0.3) is 0 Å². The molecule has 11 heteroatoms. The first-order valence-electron chi connectivity index (χ1n) is 10.1. The molecule has 1 aromatic carbocycles. The minimum atomic E-state index is -4.76. The number of nitrogens with one attached hydrogen (secondary N) is 1. The fourth-order valence-corrected chi connectivity index (χ4v) is 3.58. The lowest BCUT2D eigenvalue weighted by molar-refractivity contribution is -0.138. The first kappa shape index (κ1) is 23.0. The number of likely N-dealkylation sites (N-methyl/N-ethyl adjacent to an activating group) is 1. The average Bonchev–Trinajstić information content (AvgIpc) is 3.51. The average molecular weight is 442 g/mol. The number of anilines is 2. The number of hydrogen-bond donors (Lipinski definition) is 2. The minimum Gasteiger partial charge on any atom is -0.370 e. The van der Waals surface area contributed by atoms with Gasteiger partial charge in [0.25, 0.3) is 11.8 Å². The van der Waals surface area contributed by atoms with Crippen LogP contribution in [0.2, 0.25) is 0 Å². The van der Waals surface area contributed by atoms with Crippen molar-refractivity contribution < 1.29 is 32.3 Å². The Labute approximate surface area is 177 Å². The summed E-state index contributed by atoms with van der Waals surface area (Å²) in [6.45, 7) is 2.50. The summed E-state index contributed by atoms with van der Waals surface area (Å²) >= 11 is 0. The summed E-state index contributed by atoms with van der Waals surface area (Å²) in [7, 11) is 0. The minimum absolute atomic E-state index is 0.00993. The third-order valence-electron chi connectivity index (χ3n) is 5.32. The normalized spacial score (nSPS) is 18.2. The van der Waals surface area contributed by atoms with Crippen LogP contribution in [0.15, 0.2) is 18.2 Å². The maximum Gasteiger partial charge on any atom is 0.418 e. The maximum atomic E-state index is 13.7. The van der Waals surface area contributed by atoms with Crippen molar-refractivity contribution in [3.63, 3.8) is 0 Å². The summed E-state index contributed by atoms with van der Waals surface area (Å²) in [4.78, 5) is 39.3. The van der Waals surface area contributed by atoms with Gasteiger partial charge in [-0.25, -0.2) is 0 Å². The summed E-state index contributed by atoms with van der Waals surface area (Å²) in [6, 6.07) is 1.86. The molecule has 8 nitrogen and oxygen atoms in total. The van der Waals surface area contributed by atoms with E-state index in [4.69, 9.17) is 10.5 Å². The number of primary amides is 1. The van der Waals surface area contributed by atoms with Crippen LogP contribution >= 0.6 is 0 Å². The molecule has 1 atom stereocenters. The standard InChI is InChI=1S/C20H25F3N4O4/c1-2-26(10-12-3-4-12)17(18(24)29)19(30)25-13-5-6-15(14(9-13)20(21,22)23)27-7-8-31-11-16(27)28/h5-6,9,12,17H,2-4,7-8,10-11H2,1H3,(H2,24,29)(H,25,30)/t17-/m1/s1. The number of benzene rings is 1. The molecule has 3 N–H and O–H groups in total. The first-order chi connectivity index (χ1) is 14.6. The van der Waals surface area contributed by atoms with Crippen LogP contribution in [-0.4, -0.2) is 61.5 Å². The Morgan fingerprint density at radius 3 is 2.61 bits per heavy atom. The molecule has 31 heavy (non-hydrogen) atoms. The molecule has 0 bridgehead atoms. The first-order valence-corrected chi connectivity index (χ1v) is 10.1. The second-order valence-corrected chi connectivity index (χ2v) is 7.65. The Morgan fingerprint density at radius 2 is 2.06 bits per heavy atom. The van der Waals surface area contributed by atoms with Crippen molar-refractivity contribution in [2.75, 3.05) is 43.1 Å². The van der Waals surface area contributed by atoms with E-state index < -0.39 is 35.5 Å². The molecule has 2 aliphatic rings. The van der Waals surface area contributed by atoms with Gasteiger partial charge in [0.1, 0.15) is 6.61 Å². The highest BCUT2D eigenvalue weighted by atomic mass is 19.4. The SMILES string of the molecule is CCN(CC1CC1)[C@H](C(N)=O)C(=O)Nc1ccc(N2CCOCC2=O)c(C(F)(F)F)c1. The lowest BCUT2D eigenvalue weighted by Gasteiger charge is -2.30. The monoisotopic (exact) mass is 442 g/mol. The third-order valence-corrected chi connectivity index (χ3v) is 5.32. The van der Waals surface area contributed by atoms with Gasteiger partial charge in [0.05, 0.1) is 17.9 Å². The van der Waals surface area contributed by atoms with Crippen molar-refractivity contribution in [1.82, 2.24) is 4.90 Å². The van der Waals surface area contributed by atoms with Crippen molar-refractivity contribution in [3.05, 3.63) is 23.8 Å². The molecule has 1 aromatic rings. The Hall–Kier alpha value is -2.66.